The van der Waals surface area contributed by atoms with Crippen LogP contribution in [0.25, 0.3) is 0 Å². The average molecular weight is 194 g/mol. The Kier molecular flexibility index (Phi) is 1.89. The maximum Gasteiger partial charge on any atom is 0.299 e. The van der Waals surface area contributed by atoms with E-state index in [1.807, 2.05) is 0 Å². The Morgan fingerprint density at radius 3 is 3.00 bits per heavy atom. The summed E-state index contributed by atoms with van der Waals surface area (Å²) in [4.78, 5) is 11.3. The highest BCUT2D eigenvalue weighted by Gasteiger charge is 2.12. The Bertz CT molecular complexity index is 430. The summed E-state index contributed by atoms with van der Waals surface area (Å²) in [6, 6.07) is 0. The molecule has 72 valence electrons. The van der Waals surface area contributed by atoms with Crippen molar-refractivity contribution < 1.29 is 4.79 Å². The molecule has 2 heterocycles. The normalized spacial score (nSPS) is 10.1. The lowest BCUT2D eigenvalue weighted by Gasteiger charge is -1.98. The molecule has 0 atom stereocenters. The second-order valence-electron chi connectivity index (χ2n) is 2.45. The van der Waals surface area contributed by atoms with Crippen LogP contribution in [0, 0.1) is 0 Å². The summed E-state index contributed by atoms with van der Waals surface area (Å²) in [7, 11) is 1.70. The Hall–Kier alpha value is -2.32. The van der Waals surface area contributed by atoms with Crippen LogP contribution >= 0.6 is 0 Å². The highest BCUT2D eigenvalue weighted by Crippen LogP contribution is 1.99. The Morgan fingerprint density at radius 1 is 1.57 bits per heavy atom. The number of aromatic amines is 1. The van der Waals surface area contributed by atoms with Crippen molar-refractivity contribution in [2.75, 3.05) is 5.32 Å². The van der Waals surface area contributed by atoms with Crippen molar-refractivity contribution >= 4 is 11.9 Å². The molecule has 0 spiro atoms. The molecule has 0 fully saturated rings. The van der Waals surface area contributed by atoms with Crippen molar-refractivity contribution in [3.63, 3.8) is 0 Å². The van der Waals surface area contributed by atoms with E-state index < -0.39 is 5.91 Å². The van der Waals surface area contributed by atoms with E-state index in [1.54, 1.807) is 11.6 Å². The second-order valence-corrected chi connectivity index (χ2v) is 2.45. The molecule has 0 saturated heterocycles. The van der Waals surface area contributed by atoms with Gasteiger partial charge in [0.25, 0.3) is 11.7 Å². The molecule has 0 unspecified atom stereocenters. The predicted octanol–water partition coefficient (Wildman–Crippen LogP) is -1.42. The first-order chi connectivity index (χ1) is 6.77. The van der Waals surface area contributed by atoms with E-state index >= 15 is 0 Å². The molecule has 9 heteroatoms. The van der Waals surface area contributed by atoms with Crippen molar-refractivity contribution in [1.29, 1.82) is 0 Å². The summed E-state index contributed by atoms with van der Waals surface area (Å²) in [6.07, 6.45) is 1.46. The van der Waals surface area contributed by atoms with Gasteiger partial charge in [-0.25, -0.2) is 0 Å². The van der Waals surface area contributed by atoms with Gasteiger partial charge in [-0.1, -0.05) is 0 Å². The maximum absolute atomic E-state index is 11.3. The van der Waals surface area contributed by atoms with Gasteiger partial charge in [0.1, 0.15) is 6.33 Å². The van der Waals surface area contributed by atoms with E-state index in [9.17, 15) is 4.79 Å². The predicted molar refractivity (Wildman–Crippen MR) is 43.1 cm³/mol. The number of H-pyrrole nitrogens is 1. The molecule has 0 bridgehead atoms. The van der Waals surface area contributed by atoms with Gasteiger partial charge in [-0.2, -0.15) is 5.21 Å². The van der Waals surface area contributed by atoms with Crippen molar-refractivity contribution in [3.8, 4) is 0 Å². The zero-order chi connectivity index (χ0) is 9.97. The lowest BCUT2D eigenvalue weighted by atomic mass is 10.6. The van der Waals surface area contributed by atoms with Crippen LogP contribution in [0.4, 0.5) is 5.95 Å². The van der Waals surface area contributed by atoms with E-state index in [0.29, 0.717) is 5.95 Å². The van der Waals surface area contributed by atoms with Crippen molar-refractivity contribution in [1.82, 2.24) is 35.4 Å². The van der Waals surface area contributed by atoms with Crippen LogP contribution in [-0.2, 0) is 7.05 Å². The summed E-state index contributed by atoms with van der Waals surface area (Å²) in [5.74, 6) is -0.220. The van der Waals surface area contributed by atoms with Gasteiger partial charge in [0.2, 0.25) is 5.95 Å². The molecule has 9 nitrogen and oxygen atoms in total. The molecule has 0 aliphatic heterocycles. The van der Waals surface area contributed by atoms with Gasteiger partial charge in [0.05, 0.1) is 0 Å². The monoisotopic (exact) mass is 194 g/mol. The largest absolute Gasteiger partial charge is 0.303 e. The molecule has 2 N–H and O–H groups in total. The number of tetrazole rings is 1. The number of aryl methyl sites for hydroxylation is 1. The molecular formula is C5H6N8O. The molecule has 0 radical (unpaired) electrons. The fourth-order valence-corrected chi connectivity index (χ4v) is 0.812. The fourth-order valence-electron chi connectivity index (χ4n) is 0.812. The number of amides is 1. The number of hydrogen-bond donors (Lipinski definition) is 2. The van der Waals surface area contributed by atoms with E-state index in [4.69, 9.17) is 0 Å². The lowest BCUT2D eigenvalue weighted by Crippen LogP contribution is -2.16. The van der Waals surface area contributed by atoms with E-state index in [1.165, 1.54) is 6.33 Å². The van der Waals surface area contributed by atoms with Gasteiger partial charge in [0.15, 0.2) is 0 Å². The topological polar surface area (TPSA) is 114 Å². The van der Waals surface area contributed by atoms with Gasteiger partial charge in [-0.3, -0.25) is 10.1 Å². The molecule has 0 aromatic carbocycles. The molecule has 0 aliphatic rings. The molecule has 2 aromatic heterocycles. The molecule has 2 rings (SSSR count). The van der Waals surface area contributed by atoms with Crippen molar-refractivity contribution in [3.05, 3.63) is 12.2 Å². The summed E-state index contributed by atoms with van der Waals surface area (Å²) in [5, 5.41) is 22.2. The highest BCUT2D eigenvalue weighted by molar-refractivity contribution is 6.00. The van der Waals surface area contributed by atoms with Gasteiger partial charge >= 0.3 is 0 Å². The zero-order valence-electron chi connectivity index (χ0n) is 7.17. The molecular weight excluding hydrogens is 188 g/mol. The minimum absolute atomic E-state index is 0.0481. The number of rotatable bonds is 2. The lowest BCUT2D eigenvalue weighted by molar-refractivity contribution is 0.101. The van der Waals surface area contributed by atoms with Crippen LogP contribution < -0.4 is 5.32 Å². The first-order valence-corrected chi connectivity index (χ1v) is 3.66. The summed E-state index contributed by atoms with van der Waals surface area (Å²) in [6.45, 7) is 0. The Labute approximate surface area is 77.5 Å². The Balaban J connectivity index is 2.13. The van der Waals surface area contributed by atoms with Gasteiger partial charge in [0, 0.05) is 7.05 Å². The highest BCUT2D eigenvalue weighted by atomic mass is 16.2. The molecule has 14 heavy (non-hydrogen) atoms. The van der Waals surface area contributed by atoms with Crippen molar-refractivity contribution in [2.24, 2.45) is 7.05 Å². The first-order valence-electron chi connectivity index (χ1n) is 3.66. The number of aromatic nitrogens is 7. The number of nitrogens with zero attached hydrogens (tertiary/aromatic N) is 6. The SMILES string of the molecule is Cn1cnnc1NC(=O)c1nn[nH]n1. The standard InChI is InChI=1S/C5H6N8O/c1-13-2-6-10-5(13)7-4(14)3-8-11-12-9-3/h2H,1H3,(H,7,10,14)(H,8,9,11,12). The fraction of sp³-hybridized carbons (Fsp3) is 0.200. The smallest absolute Gasteiger partial charge is 0.299 e. The minimum atomic E-state index is -0.491. The van der Waals surface area contributed by atoms with Crippen molar-refractivity contribution in [2.45, 2.75) is 0 Å². The van der Waals surface area contributed by atoms with Crippen LogP contribution in [-0.4, -0.2) is 41.3 Å². The summed E-state index contributed by atoms with van der Waals surface area (Å²) in [5.41, 5.74) is 0. The van der Waals surface area contributed by atoms with Gasteiger partial charge in [-0.15, -0.1) is 20.4 Å². The van der Waals surface area contributed by atoms with Crippen LogP contribution in [0.3, 0.4) is 0 Å². The third-order valence-corrected chi connectivity index (χ3v) is 1.49. The summed E-state index contributed by atoms with van der Waals surface area (Å²) < 4.78 is 1.55. The second kappa shape index (κ2) is 3.20. The van der Waals surface area contributed by atoms with Crippen LogP contribution in [0.1, 0.15) is 10.6 Å². The third kappa shape index (κ3) is 1.42. The molecule has 0 saturated carbocycles. The maximum atomic E-state index is 11.3. The van der Waals surface area contributed by atoms with Gasteiger partial charge in [-0.05, 0) is 5.21 Å². The zero-order valence-corrected chi connectivity index (χ0v) is 7.17. The number of nitrogens with one attached hydrogen (secondary N) is 2. The third-order valence-electron chi connectivity index (χ3n) is 1.49. The van der Waals surface area contributed by atoms with Crippen LogP contribution in [0.5, 0.6) is 0 Å². The summed E-state index contributed by atoms with van der Waals surface area (Å²) >= 11 is 0. The van der Waals surface area contributed by atoms with Gasteiger partial charge < -0.3 is 4.57 Å². The number of anilines is 1. The first kappa shape index (κ1) is 8.29. The molecule has 1 amide bonds. The van der Waals surface area contributed by atoms with Crippen LogP contribution in [0.2, 0.25) is 0 Å². The number of hydrogen-bond acceptors (Lipinski definition) is 6. The van der Waals surface area contributed by atoms with E-state index in [0.717, 1.165) is 0 Å². The number of carbonyl (C=O) groups is 1. The van der Waals surface area contributed by atoms with Crippen LogP contribution in [0.15, 0.2) is 6.33 Å². The average Bonchev–Trinajstić information content (AvgIpc) is 2.77. The molecule has 0 aliphatic carbocycles. The number of carbonyl (C=O) groups excluding carboxylic acids is 1. The molecule has 2 aromatic rings. The quantitative estimate of drug-likeness (QED) is 0.606. The Morgan fingerprint density at radius 2 is 2.43 bits per heavy atom. The van der Waals surface area contributed by atoms with E-state index in [2.05, 4.69) is 36.1 Å². The van der Waals surface area contributed by atoms with E-state index in [-0.39, 0.29) is 5.82 Å². The minimum Gasteiger partial charge on any atom is -0.303 e.